The largest absolute Gasteiger partial charge is 0.507 e. The number of ether oxygens (including phenoxy) is 1. The van der Waals surface area contributed by atoms with Crippen molar-refractivity contribution in [2.45, 2.75) is 20.0 Å². The third-order valence-electron chi connectivity index (χ3n) is 3.24. The van der Waals surface area contributed by atoms with Crippen LogP contribution in [-0.2, 0) is 9.53 Å². The molecule has 0 heterocycles. The third kappa shape index (κ3) is 3.85. The van der Waals surface area contributed by atoms with Crippen LogP contribution in [0.15, 0.2) is 42.5 Å². The Morgan fingerprint density at radius 1 is 1.17 bits per heavy atom. The summed E-state index contributed by atoms with van der Waals surface area (Å²) in [7, 11) is 0. The molecule has 0 aliphatic carbocycles. The van der Waals surface area contributed by atoms with Gasteiger partial charge in [-0.15, -0.1) is 0 Å². The highest BCUT2D eigenvalue weighted by molar-refractivity contribution is 5.98. The fourth-order valence-electron chi connectivity index (χ4n) is 1.90. The first-order valence-corrected chi connectivity index (χ1v) is 6.95. The van der Waals surface area contributed by atoms with Gasteiger partial charge in [-0.05, 0) is 37.6 Å². The summed E-state index contributed by atoms with van der Waals surface area (Å²) >= 11 is 0. The Kier molecular flexibility index (Phi) is 4.95. The van der Waals surface area contributed by atoms with E-state index in [4.69, 9.17) is 4.74 Å². The molecule has 0 bridgehead atoms. The summed E-state index contributed by atoms with van der Waals surface area (Å²) in [5, 5.41) is 12.2. The molecular weight excluding hydrogens is 301 g/mol. The summed E-state index contributed by atoms with van der Waals surface area (Å²) in [5.41, 5.74) is 0.484. The number of aromatic hydroxyl groups is 1. The Hall–Kier alpha value is -2.89. The minimum Gasteiger partial charge on any atom is -0.507 e. The van der Waals surface area contributed by atoms with Crippen LogP contribution >= 0.6 is 0 Å². The molecule has 23 heavy (non-hydrogen) atoms. The van der Waals surface area contributed by atoms with Crippen LogP contribution in [0.2, 0.25) is 0 Å². The summed E-state index contributed by atoms with van der Waals surface area (Å²) in [6.45, 7) is 3.00. The Bertz CT molecular complexity index is 745. The second kappa shape index (κ2) is 6.91. The summed E-state index contributed by atoms with van der Waals surface area (Å²) in [5.74, 6) is -2.28. The van der Waals surface area contributed by atoms with Crippen molar-refractivity contribution >= 4 is 17.6 Å². The quantitative estimate of drug-likeness (QED) is 0.850. The number of anilines is 1. The molecule has 2 aromatic rings. The highest BCUT2D eigenvalue weighted by atomic mass is 19.1. The Morgan fingerprint density at radius 2 is 1.87 bits per heavy atom. The van der Waals surface area contributed by atoms with Gasteiger partial charge in [0, 0.05) is 0 Å². The lowest BCUT2D eigenvalue weighted by Gasteiger charge is -2.14. The van der Waals surface area contributed by atoms with Gasteiger partial charge >= 0.3 is 5.97 Å². The standard InChI is InChI=1S/C17H16FNO4/c1-10-6-5-7-12(15(10)20)17(22)23-11(2)16(21)19-14-9-4-3-8-13(14)18/h3-9,11,20H,1-2H3,(H,19,21). The molecule has 0 spiro atoms. The predicted octanol–water partition coefficient (Wildman–Crippen LogP) is 3.02. The van der Waals surface area contributed by atoms with E-state index in [-0.39, 0.29) is 17.0 Å². The van der Waals surface area contributed by atoms with Crippen molar-refractivity contribution in [3.8, 4) is 5.75 Å². The molecular formula is C17H16FNO4. The molecule has 5 nitrogen and oxygen atoms in total. The monoisotopic (exact) mass is 317 g/mol. The van der Waals surface area contributed by atoms with Gasteiger partial charge in [-0.1, -0.05) is 24.3 Å². The molecule has 1 amide bonds. The molecule has 0 aliphatic heterocycles. The smallest absolute Gasteiger partial charge is 0.342 e. The highest BCUT2D eigenvalue weighted by Crippen LogP contribution is 2.22. The maximum atomic E-state index is 13.5. The van der Waals surface area contributed by atoms with Crippen LogP contribution in [0, 0.1) is 12.7 Å². The van der Waals surface area contributed by atoms with Gasteiger partial charge in [0.2, 0.25) is 0 Å². The van der Waals surface area contributed by atoms with Crippen LogP contribution in [0.3, 0.4) is 0 Å². The summed E-state index contributed by atoms with van der Waals surface area (Å²) < 4.78 is 18.5. The molecule has 2 N–H and O–H groups in total. The molecule has 6 heteroatoms. The number of aryl methyl sites for hydroxylation is 1. The predicted molar refractivity (Wildman–Crippen MR) is 82.8 cm³/mol. The Balaban J connectivity index is 2.05. The van der Waals surface area contributed by atoms with Crippen LogP contribution in [0.4, 0.5) is 10.1 Å². The molecule has 0 aromatic heterocycles. The number of amides is 1. The lowest BCUT2D eigenvalue weighted by molar-refractivity contribution is -0.123. The summed E-state index contributed by atoms with van der Waals surface area (Å²) in [6, 6.07) is 10.3. The zero-order valence-electron chi connectivity index (χ0n) is 12.7. The van der Waals surface area contributed by atoms with E-state index < -0.39 is 23.8 Å². The van der Waals surface area contributed by atoms with Gasteiger partial charge in [0.05, 0.1) is 5.69 Å². The number of nitrogens with one attached hydrogen (secondary N) is 1. The fraction of sp³-hybridized carbons (Fsp3) is 0.176. The second-order valence-corrected chi connectivity index (χ2v) is 4.99. The number of phenolic OH excluding ortho intramolecular Hbond substituents is 1. The topological polar surface area (TPSA) is 75.6 Å². The number of carbonyl (C=O) groups excluding carboxylic acids is 2. The summed E-state index contributed by atoms with van der Waals surface area (Å²) in [4.78, 5) is 24.0. The van der Waals surface area contributed by atoms with Gasteiger partial charge in [-0.3, -0.25) is 4.79 Å². The van der Waals surface area contributed by atoms with Gasteiger partial charge in [-0.25, -0.2) is 9.18 Å². The van der Waals surface area contributed by atoms with Gasteiger partial charge in [0.15, 0.2) is 6.10 Å². The summed E-state index contributed by atoms with van der Waals surface area (Å²) in [6.07, 6.45) is -1.15. The molecule has 2 aromatic carbocycles. The first-order valence-electron chi connectivity index (χ1n) is 6.95. The van der Waals surface area contributed by atoms with Crippen LogP contribution < -0.4 is 5.32 Å². The molecule has 0 saturated heterocycles. The molecule has 0 fully saturated rings. The molecule has 120 valence electrons. The van der Waals surface area contributed by atoms with Gasteiger partial charge < -0.3 is 15.2 Å². The van der Waals surface area contributed by atoms with E-state index in [1.54, 1.807) is 25.1 Å². The maximum Gasteiger partial charge on any atom is 0.342 e. The first-order chi connectivity index (χ1) is 10.9. The molecule has 0 radical (unpaired) electrons. The van der Waals surface area contributed by atoms with Crippen molar-refractivity contribution < 1.29 is 23.8 Å². The number of para-hydroxylation sites is 2. The lowest BCUT2D eigenvalue weighted by Crippen LogP contribution is -2.30. The van der Waals surface area contributed by atoms with Gasteiger partial charge in [0.1, 0.15) is 17.1 Å². The average Bonchev–Trinajstić information content (AvgIpc) is 2.52. The van der Waals surface area contributed by atoms with E-state index in [1.165, 1.54) is 31.2 Å². The first kappa shape index (κ1) is 16.5. The molecule has 1 unspecified atom stereocenters. The maximum absolute atomic E-state index is 13.5. The van der Waals surface area contributed by atoms with Crippen molar-refractivity contribution in [3.05, 3.63) is 59.4 Å². The van der Waals surface area contributed by atoms with Crippen molar-refractivity contribution in [1.29, 1.82) is 0 Å². The molecule has 0 aliphatic rings. The van der Waals surface area contributed by atoms with Crippen LogP contribution in [0.25, 0.3) is 0 Å². The van der Waals surface area contributed by atoms with Crippen LogP contribution in [0.5, 0.6) is 5.75 Å². The van der Waals surface area contributed by atoms with E-state index in [0.717, 1.165) is 0 Å². The van der Waals surface area contributed by atoms with Crippen molar-refractivity contribution in [1.82, 2.24) is 0 Å². The zero-order valence-corrected chi connectivity index (χ0v) is 12.7. The van der Waals surface area contributed by atoms with Crippen LogP contribution in [-0.4, -0.2) is 23.1 Å². The molecule has 2 rings (SSSR count). The van der Waals surface area contributed by atoms with Gasteiger partial charge in [-0.2, -0.15) is 0 Å². The lowest BCUT2D eigenvalue weighted by atomic mass is 10.1. The number of hydrogen-bond donors (Lipinski definition) is 2. The van der Waals surface area contributed by atoms with Gasteiger partial charge in [0.25, 0.3) is 5.91 Å². The number of rotatable bonds is 4. The number of hydrogen-bond acceptors (Lipinski definition) is 4. The average molecular weight is 317 g/mol. The third-order valence-corrected chi connectivity index (χ3v) is 3.24. The molecule has 0 saturated carbocycles. The van der Waals surface area contributed by atoms with E-state index >= 15 is 0 Å². The number of halogens is 1. The van der Waals surface area contributed by atoms with Crippen molar-refractivity contribution in [2.75, 3.05) is 5.32 Å². The van der Waals surface area contributed by atoms with E-state index in [1.807, 2.05) is 0 Å². The highest BCUT2D eigenvalue weighted by Gasteiger charge is 2.22. The van der Waals surface area contributed by atoms with Crippen LogP contribution in [0.1, 0.15) is 22.8 Å². The van der Waals surface area contributed by atoms with E-state index in [9.17, 15) is 19.1 Å². The Morgan fingerprint density at radius 3 is 2.57 bits per heavy atom. The van der Waals surface area contributed by atoms with Crippen molar-refractivity contribution in [3.63, 3.8) is 0 Å². The number of benzene rings is 2. The minimum atomic E-state index is -1.15. The normalized spacial score (nSPS) is 11.6. The SMILES string of the molecule is Cc1cccc(C(=O)OC(C)C(=O)Nc2ccccc2F)c1O. The molecule has 1 atom stereocenters. The minimum absolute atomic E-state index is 0.00111. The zero-order chi connectivity index (χ0) is 17.0. The van der Waals surface area contributed by atoms with Crippen molar-refractivity contribution in [2.24, 2.45) is 0 Å². The number of esters is 1. The number of phenols is 1. The van der Waals surface area contributed by atoms with E-state index in [0.29, 0.717) is 5.56 Å². The fourth-order valence-corrected chi connectivity index (χ4v) is 1.90. The number of carbonyl (C=O) groups is 2. The Labute approximate surface area is 132 Å². The second-order valence-electron chi connectivity index (χ2n) is 4.99. The van der Waals surface area contributed by atoms with E-state index in [2.05, 4.69) is 5.32 Å².